The molecule has 0 fully saturated rings. The fraction of sp³-hybridized carbons (Fsp3) is 0.158. The maximum atomic E-state index is 6.16. The van der Waals surface area contributed by atoms with Crippen molar-refractivity contribution in [2.45, 2.75) is 13.0 Å². The molecule has 2 N–H and O–H groups in total. The Bertz CT molecular complexity index is 777. The third-order valence-electron chi connectivity index (χ3n) is 3.61. The van der Waals surface area contributed by atoms with E-state index >= 15 is 0 Å². The van der Waals surface area contributed by atoms with Crippen LogP contribution in [0.25, 0.3) is 0 Å². The van der Waals surface area contributed by atoms with Gasteiger partial charge < -0.3 is 10.6 Å². The molecular weight excluding hydrogens is 320 g/mol. The molecule has 1 heterocycles. The maximum Gasteiger partial charge on any atom is 0.224 e. The second-order valence-corrected chi connectivity index (χ2v) is 5.78. The van der Waals surface area contributed by atoms with Crippen LogP contribution >= 0.6 is 11.6 Å². The van der Waals surface area contributed by atoms with Crippen molar-refractivity contribution in [2.75, 3.05) is 17.2 Å². The molecule has 0 amide bonds. The second-order valence-electron chi connectivity index (χ2n) is 5.37. The third-order valence-corrected chi connectivity index (χ3v) is 3.98. The number of halogens is 1. The molecule has 0 spiro atoms. The third kappa shape index (κ3) is 4.70. The van der Waals surface area contributed by atoms with Crippen molar-refractivity contribution in [3.63, 3.8) is 0 Å². The van der Waals surface area contributed by atoms with Gasteiger partial charge in [0.15, 0.2) is 0 Å². The Labute approximate surface area is 146 Å². The van der Waals surface area contributed by atoms with E-state index in [1.807, 2.05) is 48.5 Å². The van der Waals surface area contributed by atoms with Crippen LogP contribution in [0.1, 0.15) is 11.1 Å². The molecular formula is C19H19ClN4. The van der Waals surface area contributed by atoms with Crippen LogP contribution in [0.15, 0.2) is 66.9 Å². The van der Waals surface area contributed by atoms with Crippen LogP contribution in [-0.2, 0) is 13.0 Å². The molecule has 24 heavy (non-hydrogen) atoms. The number of anilines is 2. The van der Waals surface area contributed by atoms with Crippen molar-refractivity contribution in [2.24, 2.45) is 0 Å². The highest BCUT2D eigenvalue weighted by molar-refractivity contribution is 6.31. The largest absolute Gasteiger partial charge is 0.366 e. The van der Waals surface area contributed by atoms with Gasteiger partial charge in [0.25, 0.3) is 0 Å². The lowest BCUT2D eigenvalue weighted by Crippen LogP contribution is -2.09. The Morgan fingerprint density at radius 3 is 2.50 bits per heavy atom. The highest BCUT2D eigenvalue weighted by Gasteiger charge is 2.02. The number of rotatable bonds is 7. The molecule has 1 aromatic heterocycles. The van der Waals surface area contributed by atoms with Gasteiger partial charge in [0.05, 0.1) is 0 Å². The SMILES string of the molecule is Clc1ccccc1CNc1ccnc(NCCc2ccccc2)n1. The van der Waals surface area contributed by atoms with Crippen LogP contribution in [0.5, 0.6) is 0 Å². The van der Waals surface area contributed by atoms with Gasteiger partial charge in [-0.3, -0.25) is 0 Å². The smallest absolute Gasteiger partial charge is 0.224 e. The lowest BCUT2D eigenvalue weighted by molar-refractivity contribution is 0.980. The van der Waals surface area contributed by atoms with Crippen molar-refractivity contribution in [3.8, 4) is 0 Å². The summed E-state index contributed by atoms with van der Waals surface area (Å²) in [6, 6.07) is 20.0. The van der Waals surface area contributed by atoms with E-state index in [9.17, 15) is 0 Å². The summed E-state index contributed by atoms with van der Waals surface area (Å²) in [5, 5.41) is 7.28. The molecule has 0 aliphatic carbocycles. The molecule has 0 aliphatic rings. The first-order valence-electron chi connectivity index (χ1n) is 7.89. The predicted molar refractivity (Wildman–Crippen MR) is 99.4 cm³/mol. The summed E-state index contributed by atoms with van der Waals surface area (Å²) in [7, 11) is 0. The van der Waals surface area contributed by atoms with Gasteiger partial charge in [-0.1, -0.05) is 60.1 Å². The summed E-state index contributed by atoms with van der Waals surface area (Å²) in [5.41, 5.74) is 2.33. The average molecular weight is 339 g/mol. The van der Waals surface area contributed by atoms with Crippen molar-refractivity contribution in [3.05, 3.63) is 83.0 Å². The van der Waals surface area contributed by atoms with Gasteiger partial charge in [-0.25, -0.2) is 4.98 Å². The minimum atomic E-state index is 0.620. The molecule has 0 bridgehead atoms. The molecule has 3 rings (SSSR count). The summed E-state index contributed by atoms with van der Waals surface area (Å²) in [6.45, 7) is 1.41. The van der Waals surface area contributed by atoms with E-state index in [-0.39, 0.29) is 0 Å². The summed E-state index contributed by atoms with van der Waals surface area (Å²) in [6.07, 6.45) is 2.67. The first-order chi connectivity index (χ1) is 11.8. The monoisotopic (exact) mass is 338 g/mol. The number of benzene rings is 2. The van der Waals surface area contributed by atoms with E-state index in [4.69, 9.17) is 11.6 Å². The van der Waals surface area contributed by atoms with Gasteiger partial charge in [0.2, 0.25) is 5.95 Å². The van der Waals surface area contributed by atoms with Crippen LogP contribution in [0.4, 0.5) is 11.8 Å². The van der Waals surface area contributed by atoms with E-state index in [1.54, 1.807) is 6.20 Å². The van der Waals surface area contributed by atoms with E-state index in [1.165, 1.54) is 5.56 Å². The van der Waals surface area contributed by atoms with Crippen molar-refractivity contribution < 1.29 is 0 Å². The summed E-state index contributed by atoms with van der Waals surface area (Å²) in [5.74, 6) is 1.39. The molecule has 2 aromatic carbocycles. The Balaban J connectivity index is 1.53. The Morgan fingerprint density at radius 2 is 1.67 bits per heavy atom. The fourth-order valence-electron chi connectivity index (χ4n) is 2.33. The van der Waals surface area contributed by atoms with Gasteiger partial charge in [-0.15, -0.1) is 0 Å². The highest BCUT2D eigenvalue weighted by atomic mass is 35.5. The summed E-state index contributed by atoms with van der Waals surface area (Å²) < 4.78 is 0. The number of nitrogens with one attached hydrogen (secondary N) is 2. The predicted octanol–water partition coefficient (Wildman–Crippen LogP) is 4.40. The highest BCUT2D eigenvalue weighted by Crippen LogP contribution is 2.16. The fourth-order valence-corrected chi connectivity index (χ4v) is 2.54. The molecule has 0 aliphatic heterocycles. The van der Waals surface area contributed by atoms with Crippen LogP contribution in [0.3, 0.4) is 0 Å². The van der Waals surface area contributed by atoms with E-state index < -0.39 is 0 Å². The van der Waals surface area contributed by atoms with Crippen LogP contribution in [0, 0.1) is 0 Å². The Hall–Kier alpha value is -2.59. The van der Waals surface area contributed by atoms with Gasteiger partial charge in [-0.2, -0.15) is 4.98 Å². The molecule has 0 unspecified atom stereocenters. The van der Waals surface area contributed by atoms with Gasteiger partial charge in [0.1, 0.15) is 5.82 Å². The first-order valence-corrected chi connectivity index (χ1v) is 8.27. The minimum Gasteiger partial charge on any atom is -0.366 e. The van der Waals surface area contributed by atoms with Crippen LogP contribution in [0.2, 0.25) is 5.02 Å². The van der Waals surface area contributed by atoms with Crippen LogP contribution < -0.4 is 10.6 Å². The standard InChI is InChI=1S/C19H19ClN4/c20-17-9-5-4-8-16(17)14-23-18-11-13-22-19(24-18)21-12-10-15-6-2-1-3-7-15/h1-9,11,13H,10,12,14H2,(H2,21,22,23,24). The molecule has 0 saturated heterocycles. The number of nitrogens with zero attached hydrogens (tertiary/aromatic N) is 2. The van der Waals surface area contributed by atoms with Gasteiger partial charge in [0, 0.05) is 24.3 Å². The molecule has 122 valence electrons. The molecule has 5 heteroatoms. The summed E-state index contributed by atoms with van der Waals surface area (Å²) in [4.78, 5) is 8.73. The van der Waals surface area contributed by atoms with Crippen LogP contribution in [-0.4, -0.2) is 16.5 Å². The van der Waals surface area contributed by atoms with Crippen molar-refractivity contribution in [1.82, 2.24) is 9.97 Å². The lowest BCUT2D eigenvalue weighted by Gasteiger charge is -2.09. The Morgan fingerprint density at radius 1 is 0.875 bits per heavy atom. The van der Waals surface area contributed by atoms with Crippen molar-refractivity contribution >= 4 is 23.4 Å². The quantitative estimate of drug-likeness (QED) is 0.670. The normalized spacial score (nSPS) is 10.4. The van der Waals surface area contributed by atoms with Crippen molar-refractivity contribution in [1.29, 1.82) is 0 Å². The minimum absolute atomic E-state index is 0.620. The first kappa shape index (κ1) is 16.3. The zero-order valence-electron chi connectivity index (χ0n) is 13.2. The number of hydrogen-bond donors (Lipinski definition) is 2. The lowest BCUT2D eigenvalue weighted by atomic mass is 10.1. The number of hydrogen-bond acceptors (Lipinski definition) is 4. The van der Waals surface area contributed by atoms with E-state index in [0.717, 1.165) is 29.4 Å². The molecule has 3 aromatic rings. The molecule has 0 saturated carbocycles. The Kier molecular flexibility index (Phi) is 5.64. The number of aromatic nitrogens is 2. The second kappa shape index (κ2) is 8.31. The molecule has 4 nitrogen and oxygen atoms in total. The average Bonchev–Trinajstić information content (AvgIpc) is 2.62. The van der Waals surface area contributed by atoms with E-state index in [0.29, 0.717) is 12.5 Å². The zero-order chi connectivity index (χ0) is 16.6. The van der Waals surface area contributed by atoms with Gasteiger partial charge >= 0.3 is 0 Å². The molecule has 0 radical (unpaired) electrons. The maximum absolute atomic E-state index is 6.16. The molecule has 0 atom stereocenters. The topological polar surface area (TPSA) is 49.8 Å². The zero-order valence-corrected chi connectivity index (χ0v) is 14.0. The summed E-state index contributed by atoms with van der Waals surface area (Å²) >= 11 is 6.16. The van der Waals surface area contributed by atoms with E-state index in [2.05, 4.69) is 32.7 Å². The van der Waals surface area contributed by atoms with Gasteiger partial charge in [-0.05, 0) is 29.7 Å².